The van der Waals surface area contributed by atoms with Gasteiger partial charge in [0.2, 0.25) is 5.91 Å². The molecule has 0 bridgehead atoms. The third-order valence-electron chi connectivity index (χ3n) is 4.30. The zero-order valence-corrected chi connectivity index (χ0v) is 17.6. The number of rotatable bonds is 6. The Balaban J connectivity index is 1.55. The number of thiophene rings is 2. The highest BCUT2D eigenvalue weighted by molar-refractivity contribution is 7.21. The van der Waals surface area contributed by atoms with Crippen LogP contribution in [0.5, 0.6) is 0 Å². The molecule has 1 N–H and O–H groups in total. The van der Waals surface area contributed by atoms with Crippen LogP contribution in [-0.2, 0) is 16.1 Å². The first kappa shape index (κ1) is 20.0. The molecule has 1 amide bonds. The summed E-state index contributed by atoms with van der Waals surface area (Å²) in [6.07, 6.45) is 1.37. The minimum absolute atomic E-state index is 0.210. The van der Waals surface area contributed by atoms with Crippen LogP contribution in [0.25, 0.3) is 20.7 Å². The summed E-state index contributed by atoms with van der Waals surface area (Å²) in [5.41, 5.74) is 1.01. The van der Waals surface area contributed by atoms with Crippen molar-refractivity contribution >= 4 is 49.8 Å². The molecule has 1 aromatic carbocycles. The van der Waals surface area contributed by atoms with E-state index in [-0.39, 0.29) is 18.7 Å². The molecule has 3 heterocycles. The third kappa shape index (κ3) is 4.03. The van der Waals surface area contributed by atoms with E-state index < -0.39 is 11.9 Å². The lowest BCUT2D eigenvalue weighted by Crippen LogP contribution is -2.27. The van der Waals surface area contributed by atoms with Gasteiger partial charge in [0, 0.05) is 4.88 Å². The van der Waals surface area contributed by atoms with Crippen molar-refractivity contribution in [1.82, 2.24) is 9.55 Å². The van der Waals surface area contributed by atoms with Crippen molar-refractivity contribution in [2.24, 2.45) is 0 Å². The Bertz CT molecular complexity index is 1270. The highest BCUT2D eigenvalue weighted by Gasteiger charge is 2.17. The summed E-state index contributed by atoms with van der Waals surface area (Å²) < 4.78 is 6.25. The fraction of sp³-hybridized carbons (Fsp3) is 0.143. The van der Waals surface area contributed by atoms with E-state index in [0.717, 1.165) is 10.4 Å². The Hall–Kier alpha value is -3.30. The van der Waals surface area contributed by atoms with Gasteiger partial charge >= 0.3 is 5.97 Å². The molecule has 0 aliphatic heterocycles. The SMILES string of the molecule is CCOC(=O)c1ccsc1NC(=O)Cn1cnc2sc(-c3ccccc3)cc2c1=O. The van der Waals surface area contributed by atoms with Crippen LogP contribution >= 0.6 is 22.7 Å². The van der Waals surface area contributed by atoms with E-state index in [1.807, 2.05) is 30.3 Å². The molecule has 152 valence electrons. The molecule has 0 radical (unpaired) electrons. The van der Waals surface area contributed by atoms with Crippen LogP contribution in [0.4, 0.5) is 5.00 Å². The van der Waals surface area contributed by atoms with E-state index in [1.165, 1.54) is 33.6 Å². The highest BCUT2D eigenvalue weighted by atomic mass is 32.1. The zero-order chi connectivity index (χ0) is 21.1. The molecule has 0 saturated heterocycles. The summed E-state index contributed by atoms with van der Waals surface area (Å²) in [7, 11) is 0. The molecule has 0 spiro atoms. The number of carbonyl (C=O) groups is 2. The number of esters is 1. The highest BCUT2D eigenvalue weighted by Crippen LogP contribution is 2.30. The molecular weight excluding hydrogens is 422 g/mol. The maximum atomic E-state index is 12.8. The minimum atomic E-state index is -0.499. The smallest absolute Gasteiger partial charge is 0.341 e. The average molecular weight is 440 g/mol. The molecule has 0 saturated carbocycles. The van der Waals surface area contributed by atoms with E-state index in [1.54, 1.807) is 24.4 Å². The maximum absolute atomic E-state index is 12.8. The van der Waals surface area contributed by atoms with E-state index in [2.05, 4.69) is 10.3 Å². The Morgan fingerprint density at radius 1 is 1.20 bits per heavy atom. The summed E-state index contributed by atoms with van der Waals surface area (Å²) >= 11 is 2.65. The quantitative estimate of drug-likeness (QED) is 0.459. The molecule has 9 heteroatoms. The molecule has 0 unspecified atom stereocenters. The number of anilines is 1. The maximum Gasteiger partial charge on any atom is 0.341 e. The number of amides is 1. The predicted molar refractivity (Wildman–Crippen MR) is 118 cm³/mol. The molecule has 3 aromatic heterocycles. The van der Waals surface area contributed by atoms with Crippen molar-refractivity contribution in [2.45, 2.75) is 13.5 Å². The summed E-state index contributed by atoms with van der Waals surface area (Å²) in [6, 6.07) is 13.1. The first-order chi connectivity index (χ1) is 14.6. The molecule has 4 rings (SSSR count). The average Bonchev–Trinajstić information content (AvgIpc) is 3.38. The van der Waals surface area contributed by atoms with Crippen molar-refractivity contribution in [3.63, 3.8) is 0 Å². The van der Waals surface area contributed by atoms with Gasteiger partial charge in [-0.05, 0) is 30.0 Å². The fourth-order valence-electron chi connectivity index (χ4n) is 2.91. The first-order valence-electron chi connectivity index (χ1n) is 9.15. The number of aromatic nitrogens is 2. The number of benzene rings is 1. The summed E-state index contributed by atoms with van der Waals surface area (Å²) in [6.45, 7) is 1.75. The van der Waals surface area contributed by atoms with Gasteiger partial charge < -0.3 is 10.1 Å². The van der Waals surface area contributed by atoms with Gasteiger partial charge in [-0.15, -0.1) is 22.7 Å². The summed E-state index contributed by atoms with van der Waals surface area (Å²) in [4.78, 5) is 43.2. The van der Waals surface area contributed by atoms with E-state index >= 15 is 0 Å². The summed E-state index contributed by atoms with van der Waals surface area (Å²) in [5.74, 6) is -0.925. The van der Waals surface area contributed by atoms with Crippen LogP contribution < -0.4 is 10.9 Å². The molecule has 7 nitrogen and oxygen atoms in total. The van der Waals surface area contributed by atoms with E-state index in [9.17, 15) is 14.4 Å². The number of hydrogen-bond acceptors (Lipinski definition) is 7. The van der Waals surface area contributed by atoms with Crippen LogP contribution in [0.3, 0.4) is 0 Å². The molecule has 0 aliphatic rings. The normalized spacial score (nSPS) is 10.8. The van der Waals surface area contributed by atoms with Gasteiger partial charge in [0.15, 0.2) is 0 Å². The Morgan fingerprint density at radius 3 is 2.77 bits per heavy atom. The van der Waals surface area contributed by atoms with Gasteiger partial charge in [0.25, 0.3) is 5.56 Å². The lowest BCUT2D eigenvalue weighted by molar-refractivity contribution is -0.116. The van der Waals surface area contributed by atoms with Crippen LogP contribution in [0.15, 0.2) is 59.0 Å². The zero-order valence-electron chi connectivity index (χ0n) is 16.0. The van der Waals surface area contributed by atoms with Crippen molar-refractivity contribution in [1.29, 1.82) is 0 Å². The van der Waals surface area contributed by atoms with Crippen molar-refractivity contribution in [3.8, 4) is 10.4 Å². The molecule has 4 aromatic rings. The molecule has 0 atom stereocenters. The molecule has 30 heavy (non-hydrogen) atoms. The lowest BCUT2D eigenvalue weighted by Gasteiger charge is -2.07. The Morgan fingerprint density at radius 2 is 2.00 bits per heavy atom. The first-order valence-corrected chi connectivity index (χ1v) is 10.8. The van der Waals surface area contributed by atoms with Crippen LogP contribution in [0, 0.1) is 0 Å². The molecular formula is C21H17N3O4S2. The minimum Gasteiger partial charge on any atom is -0.462 e. The van der Waals surface area contributed by atoms with Gasteiger partial charge in [-0.2, -0.15) is 0 Å². The second-order valence-electron chi connectivity index (χ2n) is 6.31. The molecule has 0 aliphatic carbocycles. The van der Waals surface area contributed by atoms with Crippen molar-refractivity contribution in [2.75, 3.05) is 11.9 Å². The topological polar surface area (TPSA) is 90.3 Å². The second-order valence-corrected chi connectivity index (χ2v) is 8.25. The third-order valence-corrected chi connectivity index (χ3v) is 6.23. The number of ether oxygens (including phenoxy) is 1. The number of nitrogens with one attached hydrogen (secondary N) is 1. The van der Waals surface area contributed by atoms with Crippen LogP contribution in [0.2, 0.25) is 0 Å². The number of nitrogens with zero attached hydrogens (tertiary/aromatic N) is 2. The number of carbonyl (C=O) groups excluding carboxylic acids is 2. The monoisotopic (exact) mass is 439 g/mol. The van der Waals surface area contributed by atoms with Gasteiger partial charge in [-0.1, -0.05) is 30.3 Å². The van der Waals surface area contributed by atoms with Crippen molar-refractivity contribution < 1.29 is 14.3 Å². The van der Waals surface area contributed by atoms with Gasteiger partial charge in [-0.25, -0.2) is 9.78 Å². The van der Waals surface area contributed by atoms with E-state index in [0.29, 0.717) is 20.8 Å². The second kappa shape index (κ2) is 8.60. The number of hydrogen-bond donors (Lipinski definition) is 1. The predicted octanol–water partition coefficient (Wildman–Crippen LogP) is 4.00. The number of fused-ring (bicyclic) bond motifs is 1. The van der Waals surface area contributed by atoms with E-state index in [4.69, 9.17) is 4.74 Å². The largest absolute Gasteiger partial charge is 0.462 e. The molecule has 0 fully saturated rings. The summed E-state index contributed by atoms with van der Waals surface area (Å²) in [5, 5.41) is 5.23. The Labute approximate surface area is 179 Å². The van der Waals surface area contributed by atoms with Gasteiger partial charge in [0.1, 0.15) is 16.4 Å². The van der Waals surface area contributed by atoms with Gasteiger partial charge in [-0.3, -0.25) is 14.2 Å². The lowest BCUT2D eigenvalue weighted by atomic mass is 10.2. The van der Waals surface area contributed by atoms with Crippen LogP contribution in [0.1, 0.15) is 17.3 Å². The van der Waals surface area contributed by atoms with Crippen molar-refractivity contribution in [3.05, 3.63) is 70.1 Å². The van der Waals surface area contributed by atoms with Gasteiger partial charge in [0.05, 0.1) is 23.9 Å². The fourth-order valence-corrected chi connectivity index (χ4v) is 4.70. The van der Waals surface area contributed by atoms with Crippen LogP contribution in [-0.4, -0.2) is 28.0 Å². The Kier molecular flexibility index (Phi) is 5.73. The standard InChI is InChI=1S/C21H17N3O4S2/c1-2-28-21(27)14-8-9-29-19(14)23-17(25)11-24-12-22-18-15(20(24)26)10-16(30-18)13-6-4-3-5-7-13/h3-10,12H,2,11H2,1H3,(H,23,25).